The molecule has 31 heavy (non-hydrogen) atoms. The second kappa shape index (κ2) is 13.7. The number of aliphatic hydroxyl groups is 1. The van der Waals surface area contributed by atoms with Crippen LogP contribution >= 0.6 is 0 Å². The van der Waals surface area contributed by atoms with E-state index in [1.807, 2.05) is 6.92 Å². The minimum absolute atomic E-state index is 0. The topological polar surface area (TPSA) is 113 Å². The Bertz CT molecular complexity index is 946. The third-order valence-electron chi connectivity index (χ3n) is 3.73. The number of benzene rings is 1. The number of halogens is 2. The van der Waals surface area contributed by atoms with Crippen molar-refractivity contribution in [2.45, 2.75) is 30.9 Å². The number of imidazole rings is 1. The average molecular weight is 467 g/mol. The number of aromatic nitrogens is 3. The number of fused-ring (bicyclic) bond motifs is 1. The van der Waals surface area contributed by atoms with Crippen molar-refractivity contribution in [1.82, 2.24) is 15.0 Å². The Morgan fingerprint density at radius 3 is 2.52 bits per heavy atom. The van der Waals surface area contributed by atoms with E-state index in [9.17, 15) is 13.3 Å². The van der Waals surface area contributed by atoms with Gasteiger partial charge in [0.05, 0.1) is 25.3 Å². The predicted molar refractivity (Wildman–Crippen MR) is 115 cm³/mol. The molecule has 0 saturated heterocycles. The third kappa shape index (κ3) is 7.78. The molecule has 2 heterocycles. The number of ether oxygens (including phenoxy) is 3. The number of hydrogen-bond acceptors (Lipinski definition) is 7. The Balaban J connectivity index is 0.000000885. The van der Waals surface area contributed by atoms with Crippen molar-refractivity contribution >= 4 is 51.8 Å². The third-order valence-corrected chi connectivity index (χ3v) is 4.89. The van der Waals surface area contributed by atoms with E-state index in [1.165, 1.54) is 38.6 Å². The van der Waals surface area contributed by atoms with Gasteiger partial charge >= 0.3 is 41.3 Å². The second-order valence-corrected chi connectivity index (χ2v) is 7.17. The van der Waals surface area contributed by atoms with Crippen molar-refractivity contribution in [3.8, 4) is 17.2 Å². The van der Waals surface area contributed by atoms with E-state index in [0.29, 0.717) is 34.8 Å². The molecule has 0 spiro atoms. The molecule has 0 bridgehead atoms. The number of nitrogens with one attached hydrogen (secondary N) is 1. The van der Waals surface area contributed by atoms with Crippen LogP contribution in [0, 0.1) is 0 Å². The molecule has 0 fully saturated rings. The summed E-state index contributed by atoms with van der Waals surface area (Å²) in [7, 11) is 2.97. The van der Waals surface area contributed by atoms with Crippen molar-refractivity contribution in [2.75, 3.05) is 20.8 Å². The number of methoxy groups -OCH3 is 2. The standard InChI is InChI=1S/C16H15F2N3O4S.C3H8O.Na.H/c1-23-13-5-6-19-12(14(13)24-2)8-26(22)16-20-10-4-3-9(25-15(17)18)7-11(10)21-16;1-2-3-4;;/h3-7,15H,8H2,1-2H3,(H,20,21);4H,2-3H2,1H3;;. The number of aliphatic hydroxyl groups excluding tert-OH is 1. The predicted octanol–water partition coefficient (Wildman–Crippen LogP) is 2.62. The zero-order chi connectivity index (χ0) is 22.1. The van der Waals surface area contributed by atoms with Crippen LogP contribution in [-0.2, 0) is 16.9 Å². The molecule has 0 aliphatic carbocycles. The fourth-order valence-electron chi connectivity index (χ4n) is 2.39. The number of aromatic amines is 1. The number of alkyl halides is 2. The maximum atomic E-state index is 12.6. The zero-order valence-electron chi connectivity index (χ0n) is 16.7. The molecule has 1 atom stereocenters. The van der Waals surface area contributed by atoms with Gasteiger partial charge in [0.2, 0.25) is 0 Å². The van der Waals surface area contributed by atoms with Gasteiger partial charge in [-0.05, 0) is 18.6 Å². The van der Waals surface area contributed by atoms with E-state index in [-0.39, 0.29) is 46.2 Å². The van der Waals surface area contributed by atoms with E-state index in [1.54, 1.807) is 6.07 Å². The zero-order valence-corrected chi connectivity index (χ0v) is 17.5. The van der Waals surface area contributed by atoms with Crippen molar-refractivity contribution < 1.29 is 32.7 Å². The summed E-state index contributed by atoms with van der Waals surface area (Å²) in [6.45, 7) is -0.674. The Kier molecular flexibility index (Phi) is 12.1. The van der Waals surface area contributed by atoms with E-state index < -0.39 is 17.8 Å². The van der Waals surface area contributed by atoms with Crippen LogP contribution in [0.1, 0.15) is 19.0 Å². The molecule has 2 aromatic heterocycles. The van der Waals surface area contributed by atoms with Gasteiger partial charge in [-0.25, -0.2) is 0 Å². The SMILES string of the molecule is CCCO.COc1ccnc(C[S+]([O-])c2nc3cc(OC(F)F)ccc3[nH]2)c1OC.[NaH]. The molecule has 8 nitrogen and oxygen atoms in total. The van der Waals surface area contributed by atoms with Crippen molar-refractivity contribution in [1.29, 1.82) is 0 Å². The van der Waals surface area contributed by atoms with Gasteiger partial charge in [-0.3, -0.25) is 9.97 Å². The molecule has 1 aromatic carbocycles. The summed E-state index contributed by atoms with van der Waals surface area (Å²) >= 11 is -1.56. The van der Waals surface area contributed by atoms with Gasteiger partial charge < -0.3 is 23.9 Å². The van der Waals surface area contributed by atoms with Crippen LogP contribution in [0.2, 0.25) is 0 Å². The van der Waals surface area contributed by atoms with Crippen LogP contribution < -0.4 is 14.2 Å². The molecule has 0 aliphatic rings. The molecule has 0 radical (unpaired) electrons. The van der Waals surface area contributed by atoms with Crippen LogP contribution in [0.25, 0.3) is 11.0 Å². The van der Waals surface area contributed by atoms with Gasteiger partial charge in [0.25, 0.3) is 0 Å². The van der Waals surface area contributed by atoms with E-state index in [2.05, 4.69) is 19.7 Å². The van der Waals surface area contributed by atoms with E-state index in [4.69, 9.17) is 14.6 Å². The molecular formula is C19H24F2N3NaO5S. The molecule has 1 unspecified atom stereocenters. The maximum absolute atomic E-state index is 12.6. The Morgan fingerprint density at radius 2 is 1.94 bits per heavy atom. The quantitative estimate of drug-likeness (QED) is 0.387. The Labute approximate surface area is 203 Å². The average Bonchev–Trinajstić information content (AvgIpc) is 3.16. The Morgan fingerprint density at radius 1 is 1.23 bits per heavy atom. The summed E-state index contributed by atoms with van der Waals surface area (Å²) in [4.78, 5) is 11.3. The van der Waals surface area contributed by atoms with Gasteiger partial charge in [0, 0.05) is 36.1 Å². The summed E-state index contributed by atoms with van der Waals surface area (Å²) in [5, 5.41) is 8.07. The van der Waals surface area contributed by atoms with E-state index >= 15 is 0 Å². The summed E-state index contributed by atoms with van der Waals surface area (Å²) in [5.74, 6) is 0.896. The second-order valence-electron chi connectivity index (χ2n) is 5.81. The van der Waals surface area contributed by atoms with Crippen molar-refractivity contribution in [3.05, 3.63) is 36.2 Å². The van der Waals surface area contributed by atoms with E-state index in [0.717, 1.165) is 6.42 Å². The van der Waals surface area contributed by atoms with Crippen LogP contribution in [0.4, 0.5) is 8.78 Å². The summed E-state index contributed by atoms with van der Waals surface area (Å²) in [5.41, 5.74) is 1.38. The first-order chi connectivity index (χ1) is 14.4. The summed E-state index contributed by atoms with van der Waals surface area (Å²) in [6.07, 6.45) is 2.40. The summed E-state index contributed by atoms with van der Waals surface area (Å²) in [6, 6.07) is 5.90. The molecule has 12 heteroatoms. The first-order valence-electron chi connectivity index (χ1n) is 8.93. The van der Waals surface area contributed by atoms with Crippen LogP contribution in [0.3, 0.4) is 0 Å². The monoisotopic (exact) mass is 467 g/mol. The minimum atomic E-state index is -2.92. The number of H-pyrrole nitrogens is 1. The van der Waals surface area contributed by atoms with Crippen molar-refractivity contribution in [3.63, 3.8) is 0 Å². The molecule has 2 N–H and O–H groups in total. The van der Waals surface area contributed by atoms with Gasteiger partial charge in [0.15, 0.2) is 17.3 Å². The number of nitrogens with zero attached hydrogens (tertiary/aromatic N) is 2. The molecule has 166 valence electrons. The molecule has 0 aliphatic heterocycles. The normalized spacial score (nSPS) is 11.4. The van der Waals surface area contributed by atoms with Crippen LogP contribution in [-0.4, -0.2) is 81.6 Å². The van der Waals surface area contributed by atoms with Gasteiger partial charge in [-0.2, -0.15) is 13.8 Å². The number of hydrogen-bond donors (Lipinski definition) is 2. The molecule has 0 saturated carbocycles. The fourth-order valence-corrected chi connectivity index (χ4v) is 3.41. The van der Waals surface area contributed by atoms with Gasteiger partial charge in [-0.1, -0.05) is 6.92 Å². The molecule has 3 aromatic rings. The van der Waals surface area contributed by atoms with Crippen LogP contribution in [0.5, 0.6) is 17.2 Å². The van der Waals surface area contributed by atoms with Gasteiger partial charge in [0.1, 0.15) is 11.4 Å². The van der Waals surface area contributed by atoms with Crippen molar-refractivity contribution in [2.24, 2.45) is 0 Å². The van der Waals surface area contributed by atoms with Crippen LogP contribution in [0.15, 0.2) is 35.6 Å². The first kappa shape index (κ1) is 27.4. The molecule has 3 rings (SSSR count). The molecular weight excluding hydrogens is 443 g/mol. The fraction of sp³-hybridized carbons (Fsp3) is 0.368. The number of rotatable bonds is 8. The first-order valence-corrected chi connectivity index (χ1v) is 10.2. The molecule has 0 amide bonds. The summed E-state index contributed by atoms with van der Waals surface area (Å²) < 4.78 is 52.1. The van der Waals surface area contributed by atoms with Gasteiger partial charge in [-0.15, -0.1) is 0 Å². The number of pyridine rings is 1. The Hall–Kier alpha value is -1.63.